The molecule has 0 radical (unpaired) electrons. The van der Waals surface area contributed by atoms with Gasteiger partial charge in [0, 0.05) is 58.5 Å². The molecule has 10 nitrogen and oxygen atoms in total. The van der Waals surface area contributed by atoms with E-state index in [2.05, 4.69) is 173 Å². The smallest absolute Gasteiger partial charge is 0.150 e. The van der Waals surface area contributed by atoms with Crippen LogP contribution in [0.2, 0.25) is 0 Å². The number of fused-ring (bicyclic) bond motifs is 6. The average Bonchev–Trinajstić information content (AvgIpc) is 3.26. The zero-order valence-corrected chi connectivity index (χ0v) is 38.7. The molecule has 8 rings (SSSR count). The van der Waals surface area contributed by atoms with Crippen molar-refractivity contribution in [1.29, 1.82) is 0 Å². The van der Waals surface area contributed by atoms with E-state index in [0.717, 1.165) is 80.4 Å². The van der Waals surface area contributed by atoms with E-state index in [1.165, 1.54) is 33.4 Å². The van der Waals surface area contributed by atoms with Crippen LogP contribution < -0.4 is 22.9 Å². The largest absolute Gasteiger partial charge is 0.382 e. The Bertz CT molecular complexity index is 2940. The maximum atomic E-state index is 7.71. The molecule has 8 aromatic rings. The van der Waals surface area contributed by atoms with Crippen LogP contribution in [0.25, 0.3) is 43.6 Å². The van der Waals surface area contributed by atoms with Gasteiger partial charge in [0.05, 0.1) is 16.6 Å². The van der Waals surface area contributed by atoms with Crippen molar-refractivity contribution in [2.24, 2.45) is 11.5 Å². The van der Waals surface area contributed by atoms with Gasteiger partial charge in [-0.3, -0.25) is 9.97 Å². The molecule has 0 amide bonds. The normalized spacial score (nSPS) is 15.0. The molecule has 5 atom stereocenters. The van der Waals surface area contributed by atoms with Gasteiger partial charge in [0.1, 0.15) is 11.0 Å². The maximum Gasteiger partial charge on any atom is 0.150 e. The van der Waals surface area contributed by atoms with Crippen molar-refractivity contribution >= 4 is 55.2 Å². The predicted octanol–water partition coefficient (Wildman–Crippen LogP) is 8.65. The first kappa shape index (κ1) is 44.6. The summed E-state index contributed by atoms with van der Waals surface area (Å²) >= 11 is 0. The van der Waals surface area contributed by atoms with Gasteiger partial charge in [0.15, 0.2) is 11.6 Å². The Labute approximate surface area is 378 Å². The molecule has 64 heavy (non-hydrogen) atoms. The summed E-state index contributed by atoms with van der Waals surface area (Å²) < 4.78 is 0. The fourth-order valence-electron chi connectivity index (χ4n) is 9.96. The number of nitrogen functional groups attached to an aromatic ring is 2. The number of pyridine rings is 4. The highest BCUT2D eigenvalue weighted by Crippen LogP contribution is 2.37. The van der Waals surface area contributed by atoms with E-state index < -0.39 is 5.54 Å². The lowest BCUT2D eigenvalue weighted by Crippen LogP contribution is -2.70. The van der Waals surface area contributed by atoms with Crippen molar-refractivity contribution in [2.75, 3.05) is 46.2 Å². The van der Waals surface area contributed by atoms with E-state index in [9.17, 15) is 0 Å². The van der Waals surface area contributed by atoms with Crippen molar-refractivity contribution in [3.8, 4) is 0 Å². The number of benzene rings is 4. The van der Waals surface area contributed by atoms with Gasteiger partial charge in [-0.05, 0) is 142 Å². The molecule has 330 valence electrons. The van der Waals surface area contributed by atoms with Crippen molar-refractivity contribution in [3.05, 3.63) is 154 Å². The van der Waals surface area contributed by atoms with E-state index in [1.54, 1.807) is 0 Å². The van der Waals surface area contributed by atoms with Gasteiger partial charge in [0.25, 0.3) is 0 Å². The van der Waals surface area contributed by atoms with Crippen LogP contribution in [0.1, 0.15) is 70.2 Å². The lowest BCUT2D eigenvalue weighted by Gasteiger charge is -2.50. The van der Waals surface area contributed by atoms with E-state index >= 15 is 0 Å². The summed E-state index contributed by atoms with van der Waals surface area (Å²) in [6.07, 6.45) is 7.37. The molecule has 4 aromatic carbocycles. The number of aryl methyl sites for hydroxylation is 6. The summed E-state index contributed by atoms with van der Waals surface area (Å²) in [5.41, 5.74) is 40.0. The highest BCUT2D eigenvalue weighted by Gasteiger charge is 2.46. The molecular weight excluding hydrogens is 789 g/mol. The quantitative estimate of drug-likeness (QED) is 0.0735. The van der Waals surface area contributed by atoms with Gasteiger partial charge < -0.3 is 32.7 Å². The van der Waals surface area contributed by atoms with Crippen LogP contribution in [-0.2, 0) is 25.7 Å². The number of aromatic nitrogens is 4. The third-order valence-electron chi connectivity index (χ3n) is 13.6. The molecule has 0 aliphatic rings. The summed E-state index contributed by atoms with van der Waals surface area (Å²) in [6.45, 7) is 9.30. The van der Waals surface area contributed by atoms with Crippen molar-refractivity contribution in [1.82, 2.24) is 29.7 Å². The van der Waals surface area contributed by atoms with Gasteiger partial charge in [-0.25, -0.2) is 9.97 Å². The van der Waals surface area contributed by atoms with Crippen molar-refractivity contribution in [2.45, 2.75) is 82.8 Å². The monoisotopic (exact) mass is 853 g/mol. The van der Waals surface area contributed by atoms with Crippen LogP contribution in [0.3, 0.4) is 0 Å². The Balaban J connectivity index is 0.953. The second kappa shape index (κ2) is 18.2. The molecule has 10 heteroatoms. The molecule has 0 spiro atoms. The highest BCUT2D eigenvalue weighted by atomic mass is 15.2. The Kier molecular flexibility index (Phi) is 12.7. The van der Waals surface area contributed by atoms with Gasteiger partial charge in [0.2, 0.25) is 0 Å². The summed E-state index contributed by atoms with van der Waals surface area (Å²) in [7, 11) is 8.41. The minimum atomic E-state index is -0.671. The van der Waals surface area contributed by atoms with E-state index in [0.29, 0.717) is 18.2 Å². The molecule has 0 fully saturated rings. The Morgan fingerprint density at radius 3 is 1.44 bits per heavy atom. The molecule has 0 saturated heterocycles. The number of rotatable bonds is 15. The predicted molar refractivity (Wildman–Crippen MR) is 268 cm³/mol. The Morgan fingerprint density at radius 1 is 0.562 bits per heavy atom. The fraction of sp³-hybridized carbons (Fsp3) is 0.333. The zero-order valence-electron chi connectivity index (χ0n) is 38.7. The molecule has 0 aliphatic heterocycles. The van der Waals surface area contributed by atoms with Crippen LogP contribution in [0.4, 0.5) is 11.6 Å². The molecule has 8 N–H and O–H groups in total. The van der Waals surface area contributed by atoms with E-state index in [4.69, 9.17) is 32.9 Å². The molecule has 4 aromatic heterocycles. The number of nitrogens with two attached hydrogens (primary N) is 4. The topological polar surface area (TPSA) is 162 Å². The van der Waals surface area contributed by atoms with Crippen LogP contribution >= 0.6 is 0 Å². The number of hydrogen-bond donors (Lipinski definition) is 4. The first-order valence-electron chi connectivity index (χ1n) is 22.5. The Morgan fingerprint density at radius 2 is 1.00 bits per heavy atom. The van der Waals surface area contributed by atoms with Crippen LogP contribution in [-0.4, -0.2) is 82.1 Å². The fourth-order valence-corrected chi connectivity index (χ4v) is 9.96. The first-order chi connectivity index (χ1) is 30.6. The van der Waals surface area contributed by atoms with E-state index in [1.807, 2.05) is 12.4 Å². The number of likely N-dealkylation sites (N-methyl/N-ethyl adjacent to an activating group) is 2. The van der Waals surface area contributed by atoms with E-state index in [-0.39, 0.29) is 23.9 Å². The number of hydrogen-bond acceptors (Lipinski definition) is 10. The van der Waals surface area contributed by atoms with Crippen molar-refractivity contribution in [3.63, 3.8) is 0 Å². The molecule has 0 bridgehead atoms. The lowest BCUT2D eigenvalue weighted by molar-refractivity contribution is 0.0953. The second-order valence-electron chi connectivity index (χ2n) is 18.8. The summed E-state index contributed by atoms with van der Waals surface area (Å²) in [4.78, 5) is 23.1. The zero-order chi connectivity index (χ0) is 45.4. The van der Waals surface area contributed by atoms with Gasteiger partial charge >= 0.3 is 0 Å². The third kappa shape index (κ3) is 9.01. The molecular formula is C54H64N10. The molecule has 0 saturated carbocycles. The summed E-state index contributed by atoms with van der Waals surface area (Å²) in [5, 5.41) is 4.24. The first-order valence-corrected chi connectivity index (χ1v) is 22.5. The second-order valence-corrected chi connectivity index (χ2v) is 18.8. The Hall–Kier alpha value is -6.04. The molecule has 4 heterocycles. The van der Waals surface area contributed by atoms with Gasteiger partial charge in [-0.15, -0.1) is 0 Å². The SMILES string of the molecule is Cc1ccc2c(c1)nc(N)c1ncc(CCc3ccc(C(C)C(N)C(N(C)C)C(N)(CN(C)C)C(C)c4ccc(CCc5cnc6c(N)nc7cc(C)ccc7c6c5)cc4)cc3)cc12. The minimum absolute atomic E-state index is 0.0112. The van der Waals surface area contributed by atoms with Crippen LogP contribution in [0.15, 0.2) is 109 Å². The summed E-state index contributed by atoms with van der Waals surface area (Å²) in [5.74, 6) is 1.000. The van der Waals surface area contributed by atoms with Crippen LogP contribution in [0, 0.1) is 13.8 Å². The average molecular weight is 853 g/mol. The van der Waals surface area contributed by atoms with Crippen LogP contribution in [0.5, 0.6) is 0 Å². The minimum Gasteiger partial charge on any atom is -0.382 e. The molecule has 0 aliphatic carbocycles. The van der Waals surface area contributed by atoms with Gasteiger partial charge in [-0.1, -0.05) is 86.6 Å². The maximum absolute atomic E-state index is 7.71. The third-order valence-corrected chi connectivity index (χ3v) is 13.6. The van der Waals surface area contributed by atoms with Gasteiger partial charge in [-0.2, -0.15) is 0 Å². The molecule has 5 unspecified atom stereocenters. The lowest BCUT2D eigenvalue weighted by atomic mass is 9.70. The summed E-state index contributed by atoms with van der Waals surface area (Å²) in [6, 6.07) is 34.7. The van der Waals surface area contributed by atoms with Crippen molar-refractivity contribution < 1.29 is 0 Å². The highest BCUT2D eigenvalue weighted by molar-refractivity contribution is 6.09. The number of nitrogens with zero attached hydrogens (tertiary/aromatic N) is 6. The number of anilines is 2. The standard InChI is InChI=1S/C54H64N10/c1-32-9-23-42-44-27-38(29-59-49(44)52(56)61-46(42)25-32)13-11-36-15-19-40(20-16-36)34(3)48(55)51(64(7)8)54(58,31-63(5)6)35(4)41-21-17-37(18-22-41)12-14-39-28-45-43-24-10-33(2)26-47(43)62-53(57)50(45)60-30-39/h9-10,15-30,34-35,48,51H,11-14,31,55,58H2,1-8H3,(H2,56,61)(H2,57,62).